The summed E-state index contributed by atoms with van der Waals surface area (Å²) in [5.41, 5.74) is 10.7. The summed E-state index contributed by atoms with van der Waals surface area (Å²) in [7, 11) is 0. The fourth-order valence-electron chi connectivity index (χ4n) is 2.93. The molecule has 1 aromatic heterocycles. The predicted octanol–water partition coefficient (Wildman–Crippen LogP) is 1.99. The average Bonchev–Trinajstić information content (AvgIpc) is 2.87. The first-order chi connectivity index (χ1) is 10.1. The number of aryl methyl sites for hydroxylation is 2. The molecule has 0 saturated heterocycles. The first-order valence-electron chi connectivity index (χ1n) is 7.30. The molecule has 3 rings (SSSR count). The summed E-state index contributed by atoms with van der Waals surface area (Å²) in [6.07, 6.45) is 0.812. The van der Waals surface area contributed by atoms with E-state index in [0.29, 0.717) is 25.3 Å². The van der Waals surface area contributed by atoms with Crippen LogP contribution in [0.25, 0.3) is 0 Å². The molecule has 0 unspecified atom stereocenters. The van der Waals surface area contributed by atoms with Gasteiger partial charge in [0.2, 0.25) is 0 Å². The third-order valence-electron chi connectivity index (χ3n) is 4.01. The highest BCUT2D eigenvalue weighted by Gasteiger charge is 2.25. The highest BCUT2D eigenvalue weighted by Crippen LogP contribution is 2.25. The van der Waals surface area contributed by atoms with Gasteiger partial charge in [-0.2, -0.15) is 5.10 Å². The molecule has 0 fully saturated rings. The van der Waals surface area contributed by atoms with Crippen molar-refractivity contribution in [3.05, 3.63) is 46.8 Å². The molecule has 1 aliphatic rings. The predicted molar refractivity (Wildman–Crippen MR) is 81.9 cm³/mol. The van der Waals surface area contributed by atoms with E-state index in [-0.39, 0.29) is 5.91 Å². The number of benzene rings is 1. The van der Waals surface area contributed by atoms with Crippen LogP contribution in [0.5, 0.6) is 0 Å². The molecule has 1 amide bonds. The number of fused-ring (bicyclic) bond motifs is 1. The number of aromatic nitrogens is 2. The van der Waals surface area contributed by atoms with Crippen LogP contribution >= 0.6 is 0 Å². The number of hydrogen-bond acceptors (Lipinski definition) is 3. The largest absolute Gasteiger partial charge is 0.398 e. The zero-order valence-electron chi connectivity index (χ0n) is 12.5. The third-order valence-corrected chi connectivity index (χ3v) is 4.01. The third kappa shape index (κ3) is 2.39. The Kier molecular flexibility index (Phi) is 3.41. The molecule has 5 heteroatoms. The van der Waals surface area contributed by atoms with Gasteiger partial charge in [0, 0.05) is 25.3 Å². The van der Waals surface area contributed by atoms with Gasteiger partial charge in [0.05, 0.1) is 5.69 Å². The van der Waals surface area contributed by atoms with E-state index < -0.39 is 0 Å². The highest BCUT2D eigenvalue weighted by molar-refractivity contribution is 5.93. The van der Waals surface area contributed by atoms with Crippen LogP contribution in [0.4, 0.5) is 5.69 Å². The average molecular weight is 284 g/mol. The van der Waals surface area contributed by atoms with E-state index in [1.807, 2.05) is 43.0 Å². The van der Waals surface area contributed by atoms with Crippen LogP contribution in [0.3, 0.4) is 0 Å². The number of hydrogen-bond donors (Lipinski definition) is 1. The fraction of sp³-hybridized carbons (Fsp3) is 0.375. The van der Waals surface area contributed by atoms with Crippen molar-refractivity contribution < 1.29 is 4.79 Å². The first kappa shape index (κ1) is 13.7. The quantitative estimate of drug-likeness (QED) is 0.858. The Morgan fingerprint density at radius 1 is 1.43 bits per heavy atom. The monoisotopic (exact) mass is 284 g/mol. The molecular formula is C16H20N4O. The lowest BCUT2D eigenvalue weighted by Crippen LogP contribution is -2.37. The van der Waals surface area contributed by atoms with Crippen molar-refractivity contribution in [1.29, 1.82) is 0 Å². The summed E-state index contributed by atoms with van der Waals surface area (Å²) in [6, 6.07) is 7.78. The van der Waals surface area contributed by atoms with Crippen LogP contribution in [-0.4, -0.2) is 27.1 Å². The first-order valence-corrected chi connectivity index (χ1v) is 7.30. The van der Waals surface area contributed by atoms with Crippen molar-refractivity contribution in [3.63, 3.8) is 0 Å². The fourth-order valence-corrected chi connectivity index (χ4v) is 2.93. The van der Waals surface area contributed by atoms with Crippen LogP contribution in [0, 0.1) is 6.92 Å². The zero-order valence-corrected chi connectivity index (χ0v) is 12.5. The molecule has 2 aromatic rings. The second-order valence-corrected chi connectivity index (χ2v) is 5.45. The molecule has 5 nitrogen and oxygen atoms in total. The molecule has 1 aliphatic heterocycles. The van der Waals surface area contributed by atoms with Gasteiger partial charge in [0.1, 0.15) is 5.69 Å². The lowest BCUT2D eigenvalue weighted by molar-refractivity contribution is 0.0722. The van der Waals surface area contributed by atoms with Crippen molar-refractivity contribution in [2.45, 2.75) is 33.4 Å². The molecular weight excluding hydrogens is 264 g/mol. The Labute approximate surface area is 124 Å². The van der Waals surface area contributed by atoms with Crippen LogP contribution in [0.2, 0.25) is 0 Å². The van der Waals surface area contributed by atoms with Crippen molar-refractivity contribution in [1.82, 2.24) is 14.7 Å². The number of carbonyl (C=O) groups excluding carboxylic acids is 1. The second kappa shape index (κ2) is 5.24. The van der Waals surface area contributed by atoms with Crippen LogP contribution in [-0.2, 0) is 19.5 Å². The summed E-state index contributed by atoms with van der Waals surface area (Å²) < 4.78 is 1.77. The van der Waals surface area contributed by atoms with Gasteiger partial charge < -0.3 is 10.6 Å². The molecule has 0 bridgehead atoms. The number of rotatable bonds is 2. The van der Waals surface area contributed by atoms with Gasteiger partial charge in [-0.25, -0.2) is 0 Å². The summed E-state index contributed by atoms with van der Waals surface area (Å²) in [4.78, 5) is 14.6. The van der Waals surface area contributed by atoms with E-state index in [9.17, 15) is 4.79 Å². The van der Waals surface area contributed by atoms with Crippen LogP contribution < -0.4 is 5.73 Å². The molecule has 110 valence electrons. The highest BCUT2D eigenvalue weighted by atomic mass is 16.2. The van der Waals surface area contributed by atoms with Gasteiger partial charge in [-0.05, 0) is 43.5 Å². The number of nitrogen functional groups attached to an aromatic ring is 1. The van der Waals surface area contributed by atoms with Crippen molar-refractivity contribution in [3.8, 4) is 0 Å². The van der Waals surface area contributed by atoms with Crippen LogP contribution in [0.15, 0.2) is 24.3 Å². The Balaban J connectivity index is 1.87. The standard InChI is InChI=1S/C16H20N4O/c1-3-20-15(9-11(2)18-20)16(21)19-8-7-13-12(10-19)5-4-6-14(13)17/h4-6,9H,3,7-8,10,17H2,1-2H3. The minimum atomic E-state index is 0.0468. The van der Waals surface area contributed by atoms with Gasteiger partial charge in [0.15, 0.2) is 0 Å². The number of amides is 1. The maximum absolute atomic E-state index is 12.7. The molecule has 0 atom stereocenters. The Morgan fingerprint density at radius 3 is 3.00 bits per heavy atom. The number of carbonyl (C=O) groups is 1. The van der Waals surface area contributed by atoms with E-state index in [0.717, 1.165) is 23.4 Å². The molecule has 21 heavy (non-hydrogen) atoms. The molecule has 0 aliphatic carbocycles. The zero-order chi connectivity index (χ0) is 15.0. The van der Waals surface area contributed by atoms with Gasteiger partial charge in [-0.1, -0.05) is 12.1 Å². The summed E-state index contributed by atoms with van der Waals surface area (Å²) in [6.45, 7) is 5.93. The second-order valence-electron chi connectivity index (χ2n) is 5.45. The van der Waals surface area contributed by atoms with Gasteiger partial charge >= 0.3 is 0 Å². The Bertz CT molecular complexity index is 690. The van der Waals surface area contributed by atoms with Crippen LogP contribution in [0.1, 0.15) is 34.2 Å². The van der Waals surface area contributed by atoms with E-state index in [4.69, 9.17) is 5.73 Å². The maximum atomic E-state index is 12.7. The topological polar surface area (TPSA) is 64.2 Å². The van der Waals surface area contributed by atoms with Crippen molar-refractivity contribution in [2.75, 3.05) is 12.3 Å². The van der Waals surface area contributed by atoms with Gasteiger partial charge in [0.25, 0.3) is 5.91 Å². The molecule has 0 saturated carbocycles. The molecule has 0 radical (unpaired) electrons. The Hall–Kier alpha value is -2.30. The van der Waals surface area contributed by atoms with E-state index in [2.05, 4.69) is 5.10 Å². The lowest BCUT2D eigenvalue weighted by atomic mass is 9.98. The smallest absolute Gasteiger partial charge is 0.272 e. The molecule has 0 spiro atoms. The lowest BCUT2D eigenvalue weighted by Gasteiger charge is -2.29. The minimum absolute atomic E-state index is 0.0468. The number of nitrogens with zero attached hydrogens (tertiary/aromatic N) is 3. The Morgan fingerprint density at radius 2 is 2.24 bits per heavy atom. The summed E-state index contributed by atoms with van der Waals surface area (Å²) >= 11 is 0. The van der Waals surface area contributed by atoms with Gasteiger partial charge in [-0.3, -0.25) is 9.48 Å². The molecule has 2 heterocycles. The van der Waals surface area contributed by atoms with Gasteiger partial charge in [-0.15, -0.1) is 0 Å². The van der Waals surface area contributed by atoms with E-state index in [1.165, 1.54) is 5.56 Å². The minimum Gasteiger partial charge on any atom is -0.398 e. The molecule has 2 N–H and O–H groups in total. The summed E-state index contributed by atoms with van der Waals surface area (Å²) in [5, 5.41) is 4.35. The van der Waals surface area contributed by atoms with E-state index >= 15 is 0 Å². The summed E-state index contributed by atoms with van der Waals surface area (Å²) in [5.74, 6) is 0.0468. The SMILES string of the molecule is CCn1nc(C)cc1C(=O)N1CCc2c(N)cccc2C1. The maximum Gasteiger partial charge on any atom is 0.272 e. The normalized spacial score (nSPS) is 14.1. The number of nitrogens with two attached hydrogens (primary N) is 1. The molecule has 1 aromatic carbocycles. The van der Waals surface area contributed by atoms with E-state index in [1.54, 1.807) is 4.68 Å². The number of anilines is 1. The van der Waals surface area contributed by atoms with Crippen molar-refractivity contribution in [2.24, 2.45) is 0 Å². The van der Waals surface area contributed by atoms with Crippen molar-refractivity contribution >= 4 is 11.6 Å².